The van der Waals surface area contributed by atoms with Crippen LogP contribution >= 0.6 is 11.6 Å². The van der Waals surface area contributed by atoms with Crippen LogP contribution in [0.2, 0.25) is 5.02 Å². The summed E-state index contributed by atoms with van der Waals surface area (Å²) in [4.78, 5) is 38.1. The fourth-order valence-electron chi connectivity index (χ4n) is 3.18. The van der Waals surface area contributed by atoms with Gasteiger partial charge in [0.2, 0.25) is 5.91 Å². The van der Waals surface area contributed by atoms with E-state index in [4.69, 9.17) is 16.3 Å². The molecule has 1 heterocycles. The molecule has 0 bridgehead atoms. The first kappa shape index (κ1) is 21.8. The van der Waals surface area contributed by atoms with E-state index in [1.54, 1.807) is 29.2 Å². The van der Waals surface area contributed by atoms with Gasteiger partial charge in [-0.25, -0.2) is 0 Å². The van der Waals surface area contributed by atoms with Crippen molar-refractivity contribution in [1.82, 2.24) is 10.2 Å². The quantitative estimate of drug-likeness (QED) is 0.546. The number of rotatable bonds is 6. The minimum absolute atomic E-state index is 0.0110. The zero-order valence-corrected chi connectivity index (χ0v) is 17.2. The van der Waals surface area contributed by atoms with Crippen LogP contribution < -0.4 is 10.6 Å². The lowest BCUT2D eigenvalue weighted by molar-refractivity contribution is -0.139. The van der Waals surface area contributed by atoms with Crippen molar-refractivity contribution in [3.63, 3.8) is 0 Å². The second-order valence-electron chi connectivity index (χ2n) is 6.93. The van der Waals surface area contributed by atoms with Crippen LogP contribution in [0.15, 0.2) is 54.6 Å². The number of halogens is 1. The van der Waals surface area contributed by atoms with Gasteiger partial charge in [0.1, 0.15) is 6.10 Å². The molecule has 3 amide bonds. The Morgan fingerprint density at radius 3 is 2.63 bits per heavy atom. The number of ether oxygens (including phenoxy) is 1. The first-order valence-electron chi connectivity index (χ1n) is 9.82. The molecular weight excluding hydrogens is 406 g/mol. The van der Waals surface area contributed by atoms with Crippen molar-refractivity contribution in [2.75, 3.05) is 31.6 Å². The van der Waals surface area contributed by atoms with E-state index in [-0.39, 0.29) is 25.0 Å². The maximum absolute atomic E-state index is 12.5. The molecule has 1 fully saturated rings. The summed E-state index contributed by atoms with van der Waals surface area (Å²) < 4.78 is 5.78. The average molecular weight is 430 g/mol. The number of hydrogen-bond acceptors (Lipinski definition) is 4. The van der Waals surface area contributed by atoms with Gasteiger partial charge in [0.05, 0.1) is 13.2 Å². The summed E-state index contributed by atoms with van der Waals surface area (Å²) >= 11 is 5.85. The van der Waals surface area contributed by atoms with Crippen LogP contribution in [-0.4, -0.2) is 48.9 Å². The van der Waals surface area contributed by atoms with E-state index in [1.165, 1.54) is 0 Å². The Balaban J connectivity index is 1.38. The van der Waals surface area contributed by atoms with Gasteiger partial charge in [-0.1, -0.05) is 48.0 Å². The van der Waals surface area contributed by atoms with Gasteiger partial charge in [-0.05, 0) is 30.2 Å². The number of carbonyl (C=O) groups is 3. The van der Waals surface area contributed by atoms with Crippen LogP contribution in [0.3, 0.4) is 0 Å². The first-order valence-corrected chi connectivity index (χ1v) is 10.2. The smallest absolute Gasteiger partial charge is 0.313 e. The third-order valence-electron chi connectivity index (χ3n) is 4.73. The summed E-state index contributed by atoms with van der Waals surface area (Å²) in [5.41, 5.74) is 1.49. The fourth-order valence-corrected chi connectivity index (χ4v) is 3.37. The molecule has 30 heavy (non-hydrogen) atoms. The molecule has 3 rings (SSSR count). The number of anilines is 1. The average Bonchev–Trinajstić information content (AvgIpc) is 2.77. The predicted octanol–water partition coefficient (Wildman–Crippen LogP) is 2.77. The van der Waals surface area contributed by atoms with Gasteiger partial charge in [0.15, 0.2) is 0 Å². The van der Waals surface area contributed by atoms with E-state index in [1.807, 2.05) is 30.3 Å². The lowest BCUT2D eigenvalue weighted by Crippen LogP contribution is -2.42. The molecule has 2 aromatic carbocycles. The van der Waals surface area contributed by atoms with Crippen molar-refractivity contribution < 1.29 is 19.1 Å². The Kier molecular flexibility index (Phi) is 7.82. The summed E-state index contributed by atoms with van der Waals surface area (Å²) in [7, 11) is 0. The van der Waals surface area contributed by atoms with Crippen molar-refractivity contribution in [1.29, 1.82) is 0 Å². The summed E-state index contributed by atoms with van der Waals surface area (Å²) in [5.74, 6) is -1.52. The Morgan fingerprint density at radius 2 is 1.87 bits per heavy atom. The Bertz CT molecular complexity index is 891. The number of carbonyl (C=O) groups excluding carboxylic acids is 3. The van der Waals surface area contributed by atoms with Crippen LogP contribution in [0.25, 0.3) is 0 Å². The molecule has 1 saturated heterocycles. The molecule has 1 aliphatic rings. The van der Waals surface area contributed by atoms with Crippen LogP contribution in [0.5, 0.6) is 0 Å². The molecule has 2 aromatic rings. The third-order valence-corrected chi connectivity index (χ3v) is 4.97. The van der Waals surface area contributed by atoms with Gasteiger partial charge in [0.25, 0.3) is 0 Å². The second-order valence-corrected chi connectivity index (χ2v) is 7.37. The number of nitrogens with one attached hydrogen (secondary N) is 2. The summed E-state index contributed by atoms with van der Waals surface area (Å²) in [5, 5.41) is 5.47. The lowest BCUT2D eigenvalue weighted by Gasteiger charge is -2.33. The fraction of sp³-hybridized carbons (Fsp3) is 0.318. The van der Waals surface area contributed by atoms with E-state index in [0.717, 1.165) is 5.56 Å². The molecule has 0 aliphatic carbocycles. The van der Waals surface area contributed by atoms with Gasteiger partial charge < -0.3 is 20.3 Å². The molecule has 158 valence electrons. The maximum atomic E-state index is 12.5. The van der Waals surface area contributed by atoms with Crippen LogP contribution in [-0.2, 0) is 19.1 Å². The molecule has 1 atom stereocenters. The Hall–Kier alpha value is -2.90. The molecule has 7 nitrogen and oxygen atoms in total. The topological polar surface area (TPSA) is 87.7 Å². The number of benzene rings is 2. The van der Waals surface area contributed by atoms with Crippen molar-refractivity contribution in [2.45, 2.75) is 18.9 Å². The summed E-state index contributed by atoms with van der Waals surface area (Å²) in [6.07, 6.45) is 0.610. The number of nitrogens with zero attached hydrogens (tertiary/aromatic N) is 1. The first-order chi connectivity index (χ1) is 14.5. The number of hydrogen-bond donors (Lipinski definition) is 2. The third kappa shape index (κ3) is 6.30. The zero-order valence-electron chi connectivity index (χ0n) is 16.5. The van der Waals surface area contributed by atoms with Gasteiger partial charge in [-0.3, -0.25) is 14.4 Å². The summed E-state index contributed by atoms with van der Waals surface area (Å²) in [6, 6.07) is 16.4. The summed E-state index contributed by atoms with van der Waals surface area (Å²) in [6.45, 7) is 1.79. The molecule has 0 radical (unpaired) electrons. The van der Waals surface area contributed by atoms with E-state index >= 15 is 0 Å². The monoisotopic (exact) mass is 429 g/mol. The zero-order chi connectivity index (χ0) is 21.3. The van der Waals surface area contributed by atoms with Crippen LogP contribution in [0.4, 0.5) is 5.69 Å². The molecule has 8 heteroatoms. The molecule has 1 unspecified atom stereocenters. The van der Waals surface area contributed by atoms with Crippen molar-refractivity contribution in [3.8, 4) is 0 Å². The standard InChI is InChI=1S/C22H24ClN3O4/c23-17-8-4-9-18(14-17)25-22(29)21(28)24-11-5-10-20(27)26-12-13-30-19(15-26)16-6-2-1-3-7-16/h1-4,6-9,14,19H,5,10-13,15H2,(H,24,28)(H,25,29). The Labute approximate surface area is 180 Å². The molecule has 0 aromatic heterocycles. The molecular formula is C22H24ClN3O4. The van der Waals surface area contributed by atoms with Gasteiger partial charge in [0, 0.05) is 30.2 Å². The second kappa shape index (κ2) is 10.8. The number of amides is 3. The van der Waals surface area contributed by atoms with Crippen LogP contribution in [0, 0.1) is 0 Å². The van der Waals surface area contributed by atoms with Crippen molar-refractivity contribution >= 4 is 35.0 Å². The largest absolute Gasteiger partial charge is 0.370 e. The minimum atomic E-state index is -0.775. The normalized spacial score (nSPS) is 16.0. The van der Waals surface area contributed by atoms with Crippen molar-refractivity contribution in [3.05, 3.63) is 65.2 Å². The van der Waals surface area contributed by atoms with Gasteiger partial charge >= 0.3 is 11.8 Å². The highest BCUT2D eigenvalue weighted by Gasteiger charge is 2.25. The van der Waals surface area contributed by atoms with Crippen LogP contribution in [0.1, 0.15) is 24.5 Å². The highest BCUT2D eigenvalue weighted by atomic mass is 35.5. The SMILES string of the molecule is O=C(NCCCC(=O)N1CCOC(c2ccccc2)C1)C(=O)Nc1cccc(Cl)c1. The lowest BCUT2D eigenvalue weighted by atomic mass is 10.1. The highest BCUT2D eigenvalue weighted by Crippen LogP contribution is 2.22. The molecule has 1 aliphatic heterocycles. The molecule has 2 N–H and O–H groups in total. The van der Waals surface area contributed by atoms with Gasteiger partial charge in [-0.2, -0.15) is 0 Å². The van der Waals surface area contributed by atoms with E-state index in [0.29, 0.717) is 36.8 Å². The van der Waals surface area contributed by atoms with E-state index in [2.05, 4.69) is 10.6 Å². The maximum Gasteiger partial charge on any atom is 0.313 e. The number of morpholine rings is 1. The van der Waals surface area contributed by atoms with E-state index < -0.39 is 11.8 Å². The highest BCUT2D eigenvalue weighted by molar-refractivity contribution is 6.39. The van der Waals surface area contributed by atoms with Crippen molar-refractivity contribution in [2.24, 2.45) is 0 Å². The molecule has 0 spiro atoms. The molecule has 0 saturated carbocycles. The Morgan fingerprint density at radius 1 is 1.07 bits per heavy atom. The van der Waals surface area contributed by atoms with E-state index in [9.17, 15) is 14.4 Å². The minimum Gasteiger partial charge on any atom is -0.370 e. The van der Waals surface area contributed by atoms with Gasteiger partial charge in [-0.15, -0.1) is 0 Å². The predicted molar refractivity (Wildman–Crippen MR) is 114 cm³/mol.